The molecule has 88 valence electrons. The molecule has 3 nitrogen and oxygen atoms in total. The number of alkyl halides is 3. The minimum atomic E-state index is -4.36. The summed E-state index contributed by atoms with van der Waals surface area (Å²) < 4.78 is 39.8. The second-order valence-electron chi connectivity index (χ2n) is 4.52. The number of ketones is 1. The topological polar surface area (TPSA) is 34.9 Å². The Labute approximate surface area is 90.2 Å². The van der Waals surface area contributed by atoms with Crippen molar-refractivity contribution in [2.24, 2.45) is 5.41 Å². The highest BCUT2D eigenvalue weighted by Gasteiger charge is 2.55. The minimum Gasteiger partial charge on any atom is -0.292 e. The number of carbonyl (C=O) groups is 1. The van der Waals surface area contributed by atoms with Crippen LogP contribution < -0.4 is 0 Å². The summed E-state index contributed by atoms with van der Waals surface area (Å²) in [4.78, 5) is 11.5. The zero-order valence-corrected chi connectivity index (χ0v) is 8.88. The quantitative estimate of drug-likeness (QED) is 0.745. The molecule has 1 aliphatic rings. The highest BCUT2D eigenvalue weighted by atomic mass is 19.4. The molecule has 0 saturated carbocycles. The highest BCUT2D eigenvalue weighted by Crippen LogP contribution is 2.49. The lowest BCUT2D eigenvalue weighted by molar-refractivity contribution is -0.226. The van der Waals surface area contributed by atoms with E-state index in [4.69, 9.17) is 0 Å². The first-order valence-corrected chi connectivity index (χ1v) is 4.88. The lowest BCUT2D eigenvalue weighted by Crippen LogP contribution is -2.39. The number of aromatic nitrogens is 2. The molecule has 0 amide bonds. The van der Waals surface area contributed by atoms with E-state index in [2.05, 4.69) is 5.10 Å². The number of Topliss-reactive ketones (excluding diaryl/α,β-unsaturated/α-hetero) is 1. The van der Waals surface area contributed by atoms with Gasteiger partial charge in [-0.3, -0.25) is 9.48 Å². The molecule has 1 aromatic heterocycles. The first-order chi connectivity index (χ1) is 7.25. The van der Waals surface area contributed by atoms with Gasteiger partial charge in [0.2, 0.25) is 0 Å². The molecule has 0 bridgehead atoms. The molecule has 0 aliphatic carbocycles. The van der Waals surface area contributed by atoms with Crippen LogP contribution in [0, 0.1) is 5.41 Å². The van der Waals surface area contributed by atoms with Crippen molar-refractivity contribution in [3.05, 3.63) is 18.0 Å². The van der Waals surface area contributed by atoms with Crippen molar-refractivity contribution in [1.29, 1.82) is 0 Å². The average Bonchev–Trinajstić information content (AvgIpc) is 2.67. The number of halogens is 3. The Kier molecular flexibility index (Phi) is 2.15. The first kappa shape index (κ1) is 11.2. The van der Waals surface area contributed by atoms with E-state index in [0.29, 0.717) is 0 Å². The predicted octanol–water partition coefficient (Wildman–Crippen LogP) is 2.60. The Morgan fingerprint density at radius 2 is 2.06 bits per heavy atom. The van der Waals surface area contributed by atoms with Crippen LogP contribution in [0.4, 0.5) is 13.2 Å². The van der Waals surface area contributed by atoms with Crippen molar-refractivity contribution in [2.75, 3.05) is 0 Å². The van der Waals surface area contributed by atoms with Gasteiger partial charge in [-0.2, -0.15) is 18.3 Å². The van der Waals surface area contributed by atoms with Crippen molar-refractivity contribution in [2.45, 2.75) is 32.5 Å². The van der Waals surface area contributed by atoms with Gasteiger partial charge in [-0.1, -0.05) is 0 Å². The monoisotopic (exact) mass is 232 g/mol. The van der Waals surface area contributed by atoms with Gasteiger partial charge in [-0.15, -0.1) is 0 Å². The van der Waals surface area contributed by atoms with Gasteiger partial charge < -0.3 is 0 Å². The number of fused-ring (bicyclic) bond motifs is 1. The third-order valence-corrected chi connectivity index (χ3v) is 3.19. The minimum absolute atomic E-state index is 0.129. The van der Waals surface area contributed by atoms with Crippen LogP contribution >= 0.6 is 0 Å². The van der Waals surface area contributed by atoms with Gasteiger partial charge in [0.15, 0.2) is 5.78 Å². The van der Waals surface area contributed by atoms with E-state index >= 15 is 0 Å². The van der Waals surface area contributed by atoms with E-state index < -0.39 is 17.6 Å². The Bertz CT molecular complexity index is 434. The zero-order valence-electron chi connectivity index (χ0n) is 8.88. The van der Waals surface area contributed by atoms with Crippen molar-refractivity contribution in [3.63, 3.8) is 0 Å². The molecule has 1 aliphatic heterocycles. The molecule has 0 saturated heterocycles. The van der Waals surface area contributed by atoms with Gasteiger partial charge >= 0.3 is 6.18 Å². The zero-order chi connectivity index (χ0) is 12.1. The first-order valence-electron chi connectivity index (χ1n) is 4.88. The van der Waals surface area contributed by atoms with E-state index in [0.717, 1.165) is 13.8 Å². The van der Waals surface area contributed by atoms with Gasteiger partial charge in [0.1, 0.15) is 5.69 Å². The van der Waals surface area contributed by atoms with Crippen molar-refractivity contribution < 1.29 is 18.0 Å². The number of rotatable bonds is 1. The molecule has 2 rings (SSSR count). The third kappa shape index (κ3) is 1.36. The molecular weight excluding hydrogens is 221 g/mol. The van der Waals surface area contributed by atoms with Crippen LogP contribution in [0.1, 0.15) is 36.8 Å². The van der Waals surface area contributed by atoms with Crippen molar-refractivity contribution in [1.82, 2.24) is 9.78 Å². The molecule has 0 spiro atoms. The molecule has 2 heterocycles. The third-order valence-electron chi connectivity index (χ3n) is 3.19. The lowest BCUT2D eigenvalue weighted by atomic mass is 9.82. The van der Waals surface area contributed by atoms with Gasteiger partial charge in [0.25, 0.3) is 0 Å². The summed E-state index contributed by atoms with van der Waals surface area (Å²) in [5.74, 6) is -0.278. The standard InChI is InChI=1S/C10H11F3N2O/c1-9(2,10(11,12)13)8-5-7(16)6-3-4-14-15(6)8/h3-4,8H,5H2,1-2H3. The molecular formula is C10H11F3N2O. The van der Waals surface area contributed by atoms with Gasteiger partial charge in [0, 0.05) is 12.6 Å². The van der Waals surface area contributed by atoms with Gasteiger partial charge in [-0.25, -0.2) is 0 Å². The fraction of sp³-hybridized carbons (Fsp3) is 0.600. The Balaban J connectivity index is 2.43. The second-order valence-corrected chi connectivity index (χ2v) is 4.52. The lowest BCUT2D eigenvalue weighted by Gasteiger charge is -2.33. The van der Waals surface area contributed by atoms with Gasteiger partial charge in [-0.05, 0) is 19.9 Å². The number of hydrogen-bond acceptors (Lipinski definition) is 2. The molecule has 6 heteroatoms. The molecule has 0 N–H and O–H groups in total. The number of hydrogen-bond donors (Lipinski definition) is 0. The van der Waals surface area contributed by atoms with Crippen LogP contribution in [-0.2, 0) is 0 Å². The normalized spacial score (nSPS) is 21.3. The predicted molar refractivity (Wildman–Crippen MR) is 50.0 cm³/mol. The van der Waals surface area contributed by atoms with Crippen LogP contribution in [0.25, 0.3) is 0 Å². The molecule has 0 radical (unpaired) electrons. The molecule has 1 unspecified atom stereocenters. The summed E-state index contributed by atoms with van der Waals surface area (Å²) in [6.45, 7) is 2.20. The number of nitrogens with zero attached hydrogens (tertiary/aromatic N) is 2. The molecule has 1 atom stereocenters. The van der Waals surface area contributed by atoms with Crippen LogP contribution in [0.2, 0.25) is 0 Å². The SMILES string of the molecule is CC(C)(C1CC(=O)c2ccnn21)C(F)(F)F. The summed E-state index contributed by atoms with van der Waals surface area (Å²) in [6.07, 6.45) is -3.13. The molecule has 0 aromatic carbocycles. The Hall–Kier alpha value is -1.33. The van der Waals surface area contributed by atoms with Crippen molar-refractivity contribution in [3.8, 4) is 0 Å². The van der Waals surface area contributed by atoms with Gasteiger partial charge in [0.05, 0.1) is 11.5 Å². The van der Waals surface area contributed by atoms with Crippen LogP contribution in [0.3, 0.4) is 0 Å². The van der Waals surface area contributed by atoms with Crippen molar-refractivity contribution >= 4 is 5.78 Å². The highest BCUT2D eigenvalue weighted by molar-refractivity contribution is 5.96. The fourth-order valence-corrected chi connectivity index (χ4v) is 1.90. The summed E-state index contributed by atoms with van der Waals surface area (Å²) in [6, 6.07) is 0.513. The summed E-state index contributed by atoms with van der Waals surface area (Å²) in [5, 5.41) is 3.80. The van der Waals surface area contributed by atoms with E-state index in [1.165, 1.54) is 16.9 Å². The fourth-order valence-electron chi connectivity index (χ4n) is 1.90. The maximum Gasteiger partial charge on any atom is 0.396 e. The number of carbonyl (C=O) groups excluding carboxylic acids is 1. The Morgan fingerprint density at radius 1 is 1.44 bits per heavy atom. The maximum atomic E-state index is 12.9. The molecule has 16 heavy (non-hydrogen) atoms. The summed E-state index contributed by atoms with van der Waals surface area (Å²) in [7, 11) is 0. The largest absolute Gasteiger partial charge is 0.396 e. The maximum absolute atomic E-state index is 12.9. The van der Waals surface area contributed by atoms with E-state index in [9.17, 15) is 18.0 Å². The molecule has 0 fully saturated rings. The van der Waals surface area contributed by atoms with E-state index in [1.807, 2.05) is 0 Å². The van der Waals surface area contributed by atoms with Crippen LogP contribution in [0.5, 0.6) is 0 Å². The summed E-state index contributed by atoms with van der Waals surface area (Å²) >= 11 is 0. The van der Waals surface area contributed by atoms with Crippen LogP contribution in [-0.4, -0.2) is 21.7 Å². The molecule has 1 aromatic rings. The smallest absolute Gasteiger partial charge is 0.292 e. The second kappa shape index (κ2) is 3.09. The summed E-state index contributed by atoms with van der Waals surface area (Å²) in [5.41, 5.74) is -1.69. The van der Waals surface area contributed by atoms with Crippen LogP contribution in [0.15, 0.2) is 12.3 Å². The average molecular weight is 232 g/mol. The Morgan fingerprint density at radius 3 is 2.62 bits per heavy atom. The van der Waals surface area contributed by atoms with E-state index in [-0.39, 0.29) is 17.9 Å². The van der Waals surface area contributed by atoms with E-state index in [1.54, 1.807) is 0 Å².